The molecule has 2 N–H and O–H groups in total. The van der Waals surface area contributed by atoms with E-state index in [4.69, 9.17) is 4.74 Å². The molecule has 1 aliphatic rings. The third-order valence-electron chi connectivity index (χ3n) is 2.79. The van der Waals surface area contributed by atoms with Crippen LogP contribution in [0.1, 0.15) is 16.1 Å². The van der Waals surface area contributed by atoms with Crippen LogP contribution in [-0.4, -0.2) is 27.1 Å². The zero-order valence-electron chi connectivity index (χ0n) is 11.0. The Balaban J connectivity index is 1.52. The lowest BCUT2D eigenvalue weighted by Gasteiger charge is -2.04. The van der Waals surface area contributed by atoms with Crippen LogP contribution in [0.5, 0.6) is 0 Å². The van der Waals surface area contributed by atoms with E-state index in [-0.39, 0.29) is 18.7 Å². The van der Waals surface area contributed by atoms with Crippen molar-refractivity contribution >= 4 is 5.97 Å². The first kappa shape index (κ1) is 13.2. The smallest absolute Gasteiger partial charge is 0.338 e. The second-order valence-corrected chi connectivity index (χ2v) is 4.36. The van der Waals surface area contributed by atoms with Gasteiger partial charge in [0.1, 0.15) is 12.3 Å². The van der Waals surface area contributed by atoms with Gasteiger partial charge in [-0.3, -0.25) is 0 Å². The van der Waals surface area contributed by atoms with Crippen molar-refractivity contribution in [1.29, 1.82) is 0 Å². The van der Waals surface area contributed by atoms with E-state index in [0.29, 0.717) is 17.8 Å². The highest BCUT2D eigenvalue weighted by Gasteiger charge is 2.13. The lowest BCUT2D eigenvalue weighted by molar-refractivity contribution is 0.0467. The second-order valence-electron chi connectivity index (χ2n) is 4.36. The molecule has 3 rings (SSSR count). The van der Waals surface area contributed by atoms with Crippen LogP contribution < -0.4 is 11.0 Å². The number of hydrogen-bond acceptors (Lipinski definition) is 8. The Morgan fingerprint density at radius 2 is 2.19 bits per heavy atom. The van der Waals surface area contributed by atoms with Crippen LogP contribution in [0.2, 0.25) is 0 Å². The highest BCUT2D eigenvalue weighted by Crippen LogP contribution is 2.05. The Hall–Kier alpha value is -2.81. The number of benzene rings is 1. The van der Waals surface area contributed by atoms with Gasteiger partial charge >= 0.3 is 5.97 Å². The molecule has 1 unspecified atom stereocenters. The molecule has 2 heterocycles. The number of hydrogen-bond donors (Lipinski definition) is 2. The van der Waals surface area contributed by atoms with E-state index >= 15 is 0 Å². The van der Waals surface area contributed by atoms with Gasteiger partial charge in [-0.2, -0.15) is 5.43 Å². The summed E-state index contributed by atoms with van der Waals surface area (Å²) in [4.78, 5) is 11.8. The molecule has 108 valence electrons. The lowest BCUT2D eigenvalue weighted by Crippen LogP contribution is -2.33. The number of hydrazine groups is 1. The number of nitrogens with zero attached hydrogens (tertiary/aromatic N) is 5. The maximum absolute atomic E-state index is 11.8. The predicted molar refractivity (Wildman–Crippen MR) is 70.5 cm³/mol. The van der Waals surface area contributed by atoms with Crippen molar-refractivity contribution < 1.29 is 9.53 Å². The van der Waals surface area contributed by atoms with Gasteiger partial charge < -0.3 is 4.74 Å². The number of carbonyl (C=O) groups is 1. The lowest BCUT2D eigenvalue weighted by atomic mass is 10.2. The molecule has 0 saturated heterocycles. The molecule has 0 saturated carbocycles. The first-order valence-electron chi connectivity index (χ1n) is 6.33. The molecular weight excluding hydrogens is 274 g/mol. The normalized spacial score (nSPS) is 16.7. The van der Waals surface area contributed by atoms with Crippen LogP contribution in [0.4, 0.5) is 0 Å². The molecule has 1 aliphatic heterocycles. The summed E-state index contributed by atoms with van der Waals surface area (Å²) >= 11 is 0. The van der Waals surface area contributed by atoms with Gasteiger partial charge in [-0.15, -0.1) is 10.2 Å². The highest BCUT2D eigenvalue weighted by atomic mass is 16.5. The molecule has 0 radical (unpaired) electrons. The van der Waals surface area contributed by atoms with Crippen molar-refractivity contribution in [3.05, 3.63) is 47.8 Å². The Labute approximate surface area is 119 Å². The van der Waals surface area contributed by atoms with Crippen molar-refractivity contribution in [3.8, 4) is 0 Å². The summed E-state index contributed by atoms with van der Waals surface area (Å²) in [5.41, 5.74) is 6.44. The minimum atomic E-state index is -0.388. The van der Waals surface area contributed by atoms with E-state index in [9.17, 15) is 4.79 Å². The number of esters is 1. The zero-order valence-corrected chi connectivity index (χ0v) is 11.0. The highest BCUT2D eigenvalue weighted by molar-refractivity contribution is 5.89. The molecule has 2 aromatic rings. The number of rotatable bonds is 5. The van der Waals surface area contributed by atoms with Crippen molar-refractivity contribution in [3.63, 3.8) is 0 Å². The summed E-state index contributed by atoms with van der Waals surface area (Å²) in [5, 5.41) is 15.4. The Kier molecular flexibility index (Phi) is 3.83. The fourth-order valence-electron chi connectivity index (χ4n) is 1.78. The average molecular weight is 287 g/mol. The minimum Gasteiger partial charge on any atom is -0.455 e. The number of aromatic nitrogens is 3. The number of ether oxygens (including phenoxy) is 1. The molecule has 1 atom stereocenters. The Morgan fingerprint density at radius 3 is 2.95 bits per heavy atom. The Bertz CT molecular complexity index is 640. The molecule has 0 fully saturated rings. The summed E-state index contributed by atoms with van der Waals surface area (Å²) in [6, 6.07) is 8.80. The van der Waals surface area contributed by atoms with Crippen LogP contribution in [0.25, 0.3) is 0 Å². The summed E-state index contributed by atoms with van der Waals surface area (Å²) in [5.74, 6) is -0.388. The average Bonchev–Trinajstić information content (AvgIpc) is 3.18. The summed E-state index contributed by atoms with van der Waals surface area (Å²) < 4.78 is 6.78. The van der Waals surface area contributed by atoms with Crippen molar-refractivity contribution in [2.45, 2.75) is 19.3 Å². The molecule has 1 aromatic carbocycles. The molecule has 0 bridgehead atoms. The first-order valence-corrected chi connectivity index (χ1v) is 6.33. The van der Waals surface area contributed by atoms with Crippen LogP contribution in [0.15, 0.2) is 46.9 Å². The van der Waals surface area contributed by atoms with Gasteiger partial charge in [0, 0.05) is 0 Å². The van der Waals surface area contributed by atoms with E-state index in [1.165, 1.54) is 0 Å². The van der Waals surface area contributed by atoms with E-state index in [1.807, 2.05) is 6.07 Å². The fourth-order valence-corrected chi connectivity index (χ4v) is 1.78. The van der Waals surface area contributed by atoms with Gasteiger partial charge in [0.15, 0.2) is 6.17 Å². The van der Waals surface area contributed by atoms with Crippen LogP contribution >= 0.6 is 0 Å². The topological polar surface area (TPSA) is 106 Å². The van der Waals surface area contributed by atoms with Gasteiger partial charge in [0.2, 0.25) is 0 Å². The van der Waals surface area contributed by atoms with E-state index in [0.717, 1.165) is 0 Å². The molecule has 0 spiro atoms. The Morgan fingerprint density at radius 1 is 1.33 bits per heavy atom. The molecule has 9 nitrogen and oxygen atoms in total. The molecular formula is C12H13N7O2. The first-order chi connectivity index (χ1) is 10.3. The molecule has 21 heavy (non-hydrogen) atoms. The van der Waals surface area contributed by atoms with Crippen LogP contribution in [-0.2, 0) is 17.9 Å². The van der Waals surface area contributed by atoms with Gasteiger partial charge in [-0.25, -0.2) is 15.0 Å². The van der Waals surface area contributed by atoms with Gasteiger partial charge in [0.25, 0.3) is 0 Å². The number of nitrogens with one attached hydrogen (secondary N) is 2. The van der Waals surface area contributed by atoms with Gasteiger partial charge in [-0.1, -0.05) is 28.6 Å². The van der Waals surface area contributed by atoms with E-state index in [1.54, 1.807) is 35.1 Å². The summed E-state index contributed by atoms with van der Waals surface area (Å²) in [7, 11) is 0. The zero-order chi connectivity index (χ0) is 14.5. The van der Waals surface area contributed by atoms with Gasteiger partial charge in [0.05, 0.1) is 18.3 Å². The monoisotopic (exact) mass is 287 g/mol. The van der Waals surface area contributed by atoms with Crippen LogP contribution in [0.3, 0.4) is 0 Å². The summed E-state index contributed by atoms with van der Waals surface area (Å²) in [6.45, 7) is 0.557. The van der Waals surface area contributed by atoms with Crippen molar-refractivity contribution in [2.75, 3.05) is 0 Å². The molecule has 1 aromatic heterocycles. The van der Waals surface area contributed by atoms with Crippen LogP contribution in [0, 0.1) is 0 Å². The third-order valence-corrected chi connectivity index (χ3v) is 2.79. The molecule has 0 aliphatic carbocycles. The quantitative estimate of drug-likeness (QED) is 0.773. The minimum absolute atomic E-state index is 0.0750. The SMILES string of the molecule is O=C(OCc1cn(CC2N=NNN2)nn1)c1ccccc1. The fraction of sp³-hybridized carbons (Fsp3) is 0.250. The number of carbonyl (C=O) groups excluding carboxylic acids is 1. The summed E-state index contributed by atoms with van der Waals surface area (Å²) in [6.07, 6.45) is 1.51. The molecule has 9 heteroatoms. The maximum Gasteiger partial charge on any atom is 0.338 e. The van der Waals surface area contributed by atoms with Crippen molar-refractivity contribution in [1.82, 2.24) is 26.0 Å². The second kappa shape index (κ2) is 6.09. The largest absolute Gasteiger partial charge is 0.455 e. The van der Waals surface area contributed by atoms with E-state index < -0.39 is 0 Å². The third kappa shape index (κ3) is 3.39. The standard InChI is InChI=1S/C12H13N7O2/c20-12(9-4-2-1-3-5-9)21-8-10-6-19(18-13-10)7-11-14-16-17-15-11/h1-6,11H,7-8H2,(H,14,17)(H,15,16). The van der Waals surface area contributed by atoms with E-state index in [2.05, 4.69) is 31.6 Å². The predicted octanol–water partition coefficient (Wildman–Crippen LogP) is 0.436. The maximum atomic E-state index is 11.8. The molecule has 0 amide bonds. The van der Waals surface area contributed by atoms with Crippen molar-refractivity contribution in [2.24, 2.45) is 10.3 Å². The van der Waals surface area contributed by atoms with Gasteiger partial charge in [-0.05, 0) is 12.1 Å².